The topological polar surface area (TPSA) is 66.5 Å². The van der Waals surface area contributed by atoms with Crippen LogP contribution in [-0.2, 0) is 14.4 Å². The van der Waals surface area contributed by atoms with Crippen LogP contribution in [0.5, 0.6) is 0 Å². The number of thioether (sulfide) groups is 1. The van der Waals surface area contributed by atoms with Gasteiger partial charge in [-0.3, -0.25) is 19.3 Å². The Morgan fingerprint density at radius 1 is 1.28 bits per heavy atom. The molecule has 0 radical (unpaired) electrons. The van der Waals surface area contributed by atoms with Gasteiger partial charge in [0.05, 0.1) is 10.8 Å². The van der Waals surface area contributed by atoms with Crippen LogP contribution in [0, 0.1) is 11.2 Å². The average molecular weight is 364 g/mol. The van der Waals surface area contributed by atoms with Crippen LogP contribution in [0.15, 0.2) is 35.4 Å². The molecule has 134 valence electrons. The zero-order valence-corrected chi connectivity index (χ0v) is 15.4. The lowest BCUT2D eigenvalue weighted by molar-refractivity contribution is -0.132. The third-order valence-electron chi connectivity index (χ3n) is 3.72. The third kappa shape index (κ3) is 4.69. The van der Waals surface area contributed by atoms with E-state index in [9.17, 15) is 18.8 Å². The van der Waals surface area contributed by atoms with Crippen molar-refractivity contribution in [3.8, 4) is 0 Å². The molecule has 25 heavy (non-hydrogen) atoms. The van der Waals surface area contributed by atoms with Crippen molar-refractivity contribution in [1.82, 2.24) is 4.90 Å². The van der Waals surface area contributed by atoms with E-state index in [1.54, 1.807) is 27.7 Å². The summed E-state index contributed by atoms with van der Waals surface area (Å²) in [5, 5.41) is 3.13. The van der Waals surface area contributed by atoms with Gasteiger partial charge in [0, 0.05) is 17.2 Å². The number of benzene rings is 1. The van der Waals surface area contributed by atoms with Gasteiger partial charge in [-0.2, -0.15) is 0 Å². The predicted molar refractivity (Wildman–Crippen MR) is 96.3 cm³/mol. The molecule has 1 saturated heterocycles. The van der Waals surface area contributed by atoms with E-state index >= 15 is 0 Å². The molecule has 1 aromatic carbocycles. The molecule has 1 N–H and O–H groups in total. The van der Waals surface area contributed by atoms with Gasteiger partial charge in [0.1, 0.15) is 11.9 Å². The molecule has 0 aliphatic carbocycles. The van der Waals surface area contributed by atoms with Crippen molar-refractivity contribution in [3.05, 3.63) is 41.2 Å². The molecule has 0 bridgehead atoms. The summed E-state index contributed by atoms with van der Waals surface area (Å²) in [5.41, 5.74) is -0.126. The minimum atomic E-state index is -0.786. The SMILES string of the molecule is C[C@@H](C(=O)Nc1ccc(F)cc1)N1C(=O)CS/C1=C\C(=O)C(C)(C)C. The molecular formula is C18H21FN2O3S. The second-order valence-corrected chi connectivity index (χ2v) is 7.82. The van der Waals surface area contributed by atoms with Gasteiger partial charge in [0.25, 0.3) is 0 Å². The highest BCUT2D eigenvalue weighted by Gasteiger charge is 2.35. The lowest BCUT2D eigenvalue weighted by Gasteiger charge is -2.25. The summed E-state index contributed by atoms with van der Waals surface area (Å²) in [6, 6.07) is 4.59. The smallest absolute Gasteiger partial charge is 0.247 e. The molecule has 0 aromatic heterocycles. The van der Waals surface area contributed by atoms with Crippen LogP contribution in [0.4, 0.5) is 10.1 Å². The van der Waals surface area contributed by atoms with Crippen LogP contribution in [0.25, 0.3) is 0 Å². The Hall–Kier alpha value is -2.15. The number of nitrogens with one attached hydrogen (secondary N) is 1. The summed E-state index contributed by atoms with van der Waals surface area (Å²) >= 11 is 1.24. The largest absolute Gasteiger partial charge is 0.324 e. The molecule has 1 atom stereocenters. The first-order chi connectivity index (χ1) is 11.6. The van der Waals surface area contributed by atoms with E-state index < -0.39 is 23.2 Å². The minimum Gasteiger partial charge on any atom is -0.324 e. The highest BCUT2D eigenvalue weighted by molar-refractivity contribution is 8.04. The van der Waals surface area contributed by atoms with E-state index in [1.807, 2.05) is 0 Å². The van der Waals surface area contributed by atoms with E-state index in [1.165, 1.54) is 47.0 Å². The fourth-order valence-electron chi connectivity index (χ4n) is 2.14. The van der Waals surface area contributed by atoms with E-state index in [2.05, 4.69) is 5.32 Å². The van der Waals surface area contributed by atoms with Crippen LogP contribution in [0.1, 0.15) is 27.7 Å². The second-order valence-electron chi connectivity index (χ2n) is 6.82. The van der Waals surface area contributed by atoms with Crippen molar-refractivity contribution < 1.29 is 18.8 Å². The molecule has 2 rings (SSSR count). The minimum absolute atomic E-state index is 0.110. The van der Waals surface area contributed by atoms with Crippen molar-refractivity contribution in [1.29, 1.82) is 0 Å². The number of hydrogen-bond acceptors (Lipinski definition) is 4. The number of allylic oxidation sites excluding steroid dienone is 1. The number of nitrogens with zero attached hydrogens (tertiary/aromatic N) is 1. The molecule has 2 amide bonds. The Labute approximate surface area is 150 Å². The Bertz CT molecular complexity index is 723. The molecule has 5 nitrogen and oxygen atoms in total. The summed E-state index contributed by atoms with van der Waals surface area (Å²) in [6.45, 7) is 6.98. The molecule has 0 unspecified atom stereocenters. The predicted octanol–water partition coefficient (Wildman–Crippen LogP) is 3.18. The number of halogens is 1. The highest BCUT2D eigenvalue weighted by Crippen LogP contribution is 2.32. The van der Waals surface area contributed by atoms with E-state index in [0.29, 0.717) is 10.7 Å². The van der Waals surface area contributed by atoms with Crippen molar-refractivity contribution in [2.45, 2.75) is 33.7 Å². The fourth-order valence-corrected chi connectivity index (χ4v) is 3.14. The number of amides is 2. The Morgan fingerprint density at radius 2 is 1.88 bits per heavy atom. The summed E-state index contributed by atoms with van der Waals surface area (Å²) in [4.78, 5) is 38.2. The summed E-state index contributed by atoms with van der Waals surface area (Å²) in [5.74, 6) is -0.947. The van der Waals surface area contributed by atoms with Crippen LogP contribution in [-0.4, -0.2) is 34.3 Å². The van der Waals surface area contributed by atoms with Gasteiger partial charge < -0.3 is 5.32 Å². The molecule has 1 aliphatic rings. The van der Waals surface area contributed by atoms with Gasteiger partial charge >= 0.3 is 0 Å². The van der Waals surface area contributed by atoms with E-state index in [0.717, 1.165) is 0 Å². The zero-order chi connectivity index (χ0) is 18.8. The first-order valence-corrected chi connectivity index (χ1v) is 8.85. The van der Waals surface area contributed by atoms with E-state index in [-0.39, 0.29) is 17.4 Å². The lowest BCUT2D eigenvalue weighted by Crippen LogP contribution is -2.42. The molecule has 1 heterocycles. The molecule has 0 saturated carbocycles. The van der Waals surface area contributed by atoms with Gasteiger partial charge in [-0.05, 0) is 31.2 Å². The van der Waals surface area contributed by atoms with Gasteiger partial charge in [-0.15, -0.1) is 0 Å². The van der Waals surface area contributed by atoms with Crippen molar-refractivity contribution in [2.75, 3.05) is 11.1 Å². The van der Waals surface area contributed by atoms with Crippen molar-refractivity contribution in [2.24, 2.45) is 5.41 Å². The van der Waals surface area contributed by atoms with Gasteiger partial charge in [-0.25, -0.2) is 4.39 Å². The maximum atomic E-state index is 12.9. The first kappa shape index (κ1) is 19.2. The summed E-state index contributed by atoms with van der Waals surface area (Å²) < 4.78 is 12.9. The van der Waals surface area contributed by atoms with Gasteiger partial charge in [-0.1, -0.05) is 32.5 Å². The number of carbonyl (C=O) groups is 3. The van der Waals surface area contributed by atoms with Crippen LogP contribution < -0.4 is 5.32 Å². The van der Waals surface area contributed by atoms with Crippen LogP contribution in [0.2, 0.25) is 0 Å². The summed E-state index contributed by atoms with van der Waals surface area (Å²) in [7, 11) is 0. The quantitative estimate of drug-likeness (QED) is 0.834. The number of rotatable bonds is 4. The Balaban J connectivity index is 2.17. The van der Waals surface area contributed by atoms with Crippen LogP contribution >= 0.6 is 11.8 Å². The number of hydrogen-bond donors (Lipinski definition) is 1. The zero-order valence-electron chi connectivity index (χ0n) is 14.6. The fraction of sp³-hybridized carbons (Fsp3) is 0.389. The number of carbonyl (C=O) groups excluding carboxylic acids is 3. The molecule has 0 spiro atoms. The monoisotopic (exact) mass is 364 g/mol. The Kier molecular flexibility index (Phi) is 5.67. The average Bonchev–Trinajstić information content (AvgIpc) is 2.88. The first-order valence-electron chi connectivity index (χ1n) is 7.87. The Morgan fingerprint density at radius 3 is 2.44 bits per heavy atom. The van der Waals surface area contributed by atoms with Gasteiger partial charge in [0.15, 0.2) is 5.78 Å². The van der Waals surface area contributed by atoms with Crippen molar-refractivity contribution >= 4 is 35.0 Å². The normalized spacial score (nSPS) is 17.7. The highest BCUT2D eigenvalue weighted by atomic mass is 32.2. The second kappa shape index (κ2) is 7.39. The molecule has 7 heteroatoms. The standard InChI is InChI=1S/C18H21FN2O3S/c1-11(17(24)20-13-7-5-12(19)6-8-13)21-15(23)10-25-16(21)9-14(22)18(2,3)4/h5-9,11H,10H2,1-4H3,(H,20,24)/b16-9-/t11-/m0/s1. The number of ketones is 1. The molecular weight excluding hydrogens is 343 g/mol. The summed E-state index contributed by atoms with van der Waals surface area (Å²) in [6.07, 6.45) is 1.43. The maximum Gasteiger partial charge on any atom is 0.247 e. The molecule has 1 fully saturated rings. The molecule has 1 aliphatic heterocycles. The van der Waals surface area contributed by atoms with Gasteiger partial charge in [0.2, 0.25) is 11.8 Å². The number of anilines is 1. The van der Waals surface area contributed by atoms with Crippen molar-refractivity contribution in [3.63, 3.8) is 0 Å². The molecule has 1 aromatic rings. The lowest BCUT2D eigenvalue weighted by atomic mass is 9.91. The van der Waals surface area contributed by atoms with Crippen LogP contribution in [0.3, 0.4) is 0 Å². The maximum absolute atomic E-state index is 12.9. The third-order valence-corrected chi connectivity index (χ3v) is 4.72. The van der Waals surface area contributed by atoms with E-state index in [4.69, 9.17) is 0 Å².